The van der Waals surface area contributed by atoms with E-state index in [1.54, 1.807) is 7.11 Å². The number of aryl methyl sites for hydroxylation is 1. The molecule has 2 aliphatic heterocycles. The van der Waals surface area contributed by atoms with Gasteiger partial charge in [0, 0.05) is 50.4 Å². The van der Waals surface area contributed by atoms with Gasteiger partial charge in [-0.25, -0.2) is 0 Å². The van der Waals surface area contributed by atoms with Crippen molar-refractivity contribution in [2.24, 2.45) is 4.99 Å². The van der Waals surface area contributed by atoms with Crippen molar-refractivity contribution >= 4 is 29.9 Å². The topological polar surface area (TPSA) is 67.4 Å². The zero-order valence-corrected chi connectivity index (χ0v) is 22.3. The Balaban J connectivity index is 0.00000363. The molecule has 0 spiro atoms. The third-order valence-electron chi connectivity index (χ3n) is 6.31. The molecule has 0 bridgehead atoms. The van der Waals surface area contributed by atoms with E-state index in [0.717, 1.165) is 96.7 Å². The highest BCUT2D eigenvalue weighted by molar-refractivity contribution is 14.0. The van der Waals surface area contributed by atoms with Crippen molar-refractivity contribution in [1.29, 1.82) is 0 Å². The van der Waals surface area contributed by atoms with Crippen LogP contribution in [0.5, 0.6) is 5.75 Å². The standard InChI is InChI=1S/C24H40N4O3.HI/c1-4-25-23(26-10-5-11-28-12-16-31-17-13-28)27-19-24(8-14-30-15-9-24)21-18-20(2)6-7-22(21)29-3;/h6-7,18H,4-5,8-17,19H2,1-3H3,(H2,25,26,27);1H. The van der Waals surface area contributed by atoms with Crippen molar-refractivity contribution in [3.8, 4) is 5.75 Å². The Morgan fingerprint density at radius 2 is 1.84 bits per heavy atom. The number of morpholine rings is 1. The molecule has 2 aliphatic rings. The van der Waals surface area contributed by atoms with Crippen molar-refractivity contribution in [2.75, 3.05) is 72.8 Å². The number of hydrogen-bond acceptors (Lipinski definition) is 5. The Morgan fingerprint density at radius 3 is 2.53 bits per heavy atom. The molecule has 0 radical (unpaired) electrons. The Labute approximate surface area is 210 Å². The number of hydrogen-bond donors (Lipinski definition) is 2. The lowest BCUT2D eigenvalue weighted by Crippen LogP contribution is -2.42. The summed E-state index contributed by atoms with van der Waals surface area (Å²) in [6, 6.07) is 6.46. The zero-order chi connectivity index (χ0) is 21.9. The third kappa shape index (κ3) is 7.74. The molecular formula is C24H41IN4O3. The molecule has 0 amide bonds. The Hall–Kier alpha value is -1.10. The summed E-state index contributed by atoms with van der Waals surface area (Å²) in [6.45, 7) is 13.1. The van der Waals surface area contributed by atoms with Crippen molar-refractivity contribution in [1.82, 2.24) is 15.5 Å². The third-order valence-corrected chi connectivity index (χ3v) is 6.31. The summed E-state index contributed by atoms with van der Waals surface area (Å²) in [6.07, 6.45) is 2.99. The predicted molar refractivity (Wildman–Crippen MR) is 141 cm³/mol. The molecular weight excluding hydrogens is 519 g/mol. The minimum atomic E-state index is -0.0637. The summed E-state index contributed by atoms with van der Waals surface area (Å²) in [5.74, 6) is 1.84. The van der Waals surface area contributed by atoms with Crippen LogP contribution in [0.3, 0.4) is 0 Å². The van der Waals surface area contributed by atoms with Gasteiger partial charge >= 0.3 is 0 Å². The van der Waals surface area contributed by atoms with E-state index in [-0.39, 0.29) is 29.4 Å². The summed E-state index contributed by atoms with van der Waals surface area (Å²) in [5.41, 5.74) is 2.44. The quantitative estimate of drug-likeness (QED) is 0.210. The lowest BCUT2D eigenvalue weighted by atomic mass is 9.73. The smallest absolute Gasteiger partial charge is 0.191 e. The van der Waals surface area contributed by atoms with Crippen LogP contribution in [-0.4, -0.2) is 83.7 Å². The van der Waals surface area contributed by atoms with Crippen LogP contribution in [0.15, 0.2) is 23.2 Å². The first-order chi connectivity index (χ1) is 15.2. The molecule has 0 unspecified atom stereocenters. The largest absolute Gasteiger partial charge is 0.496 e. The number of nitrogens with zero attached hydrogens (tertiary/aromatic N) is 2. The van der Waals surface area contributed by atoms with E-state index < -0.39 is 0 Å². The molecule has 0 atom stereocenters. The maximum absolute atomic E-state index is 5.74. The average Bonchev–Trinajstić information content (AvgIpc) is 2.81. The van der Waals surface area contributed by atoms with E-state index >= 15 is 0 Å². The van der Waals surface area contributed by atoms with Crippen LogP contribution in [0, 0.1) is 6.92 Å². The van der Waals surface area contributed by atoms with Gasteiger partial charge in [0.15, 0.2) is 5.96 Å². The van der Waals surface area contributed by atoms with E-state index in [1.165, 1.54) is 11.1 Å². The molecule has 2 N–H and O–H groups in total. The molecule has 0 aliphatic carbocycles. The van der Waals surface area contributed by atoms with Gasteiger partial charge < -0.3 is 24.8 Å². The molecule has 182 valence electrons. The van der Waals surface area contributed by atoms with Crippen LogP contribution in [0.25, 0.3) is 0 Å². The van der Waals surface area contributed by atoms with Gasteiger partial charge in [0.1, 0.15) is 5.75 Å². The van der Waals surface area contributed by atoms with E-state index in [0.29, 0.717) is 0 Å². The average molecular weight is 561 g/mol. The van der Waals surface area contributed by atoms with Gasteiger partial charge in [-0.15, -0.1) is 24.0 Å². The van der Waals surface area contributed by atoms with Gasteiger partial charge in [-0.05, 0) is 45.7 Å². The summed E-state index contributed by atoms with van der Waals surface area (Å²) < 4.78 is 16.9. The van der Waals surface area contributed by atoms with E-state index in [2.05, 4.69) is 47.6 Å². The number of guanidine groups is 1. The Bertz CT molecular complexity index is 704. The van der Waals surface area contributed by atoms with Gasteiger partial charge in [0.2, 0.25) is 0 Å². The number of methoxy groups -OCH3 is 1. The SMILES string of the molecule is CCNC(=NCC1(c2cc(C)ccc2OC)CCOCC1)NCCCN1CCOCC1.I. The lowest BCUT2D eigenvalue weighted by Gasteiger charge is -2.37. The number of nitrogens with one attached hydrogen (secondary N) is 2. The lowest BCUT2D eigenvalue weighted by molar-refractivity contribution is 0.0376. The number of ether oxygens (including phenoxy) is 3. The number of aliphatic imine (C=N–C) groups is 1. The van der Waals surface area contributed by atoms with Gasteiger partial charge in [-0.2, -0.15) is 0 Å². The molecule has 8 heteroatoms. The fourth-order valence-corrected chi connectivity index (χ4v) is 4.42. The fourth-order valence-electron chi connectivity index (χ4n) is 4.42. The van der Waals surface area contributed by atoms with Crippen molar-refractivity contribution in [3.63, 3.8) is 0 Å². The van der Waals surface area contributed by atoms with Crippen LogP contribution in [-0.2, 0) is 14.9 Å². The summed E-state index contributed by atoms with van der Waals surface area (Å²) in [5, 5.41) is 6.94. The maximum atomic E-state index is 5.74. The van der Waals surface area contributed by atoms with Gasteiger partial charge in [-0.3, -0.25) is 9.89 Å². The molecule has 32 heavy (non-hydrogen) atoms. The molecule has 1 aromatic rings. The van der Waals surface area contributed by atoms with Crippen LogP contribution in [0.2, 0.25) is 0 Å². The minimum Gasteiger partial charge on any atom is -0.496 e. The highest BCUT2D eigenvalue weighted by atomic mass is 127. The molecule has 2 saturated heterocycles. The monoisotopic (exact) mass is 560 g/mol. The van der Waals surface area contributed by atoms with Crippen LogP contribution < -0.4 is 15.4 Å². The van der Waals surface area contributed by atoms with Crippen molar-refractivity contribution in [2.45, 2.75) is 38.5 Å². The Kier molecular flexibility index (Phi) is 12.1. The molecule has 0 aromatic heterocycles. The van der Waals surface area contributed by atoms with Gasteiger partial charge in [-0.1, -0.05) is 17.7 Å². The number of benzene rings is 1. The highest BCUT2D eigenvalue weighted by Crippen LogP contribution is 2.40. The maximum Gasteiger partial charge on any atom is 0.191 e. The van der Waals surface area contributed by atoms with E-state index in [1.807, 2.05) is 0 Å². The first-order valence-electron chi connectivity index (χ1n) is 11.7. The van der Waals surface area contributed by atoms with Crippen molar-refractivity contribution in [3.05, 3.63) is 29.3 Å². The molecule has 0 saturated carbocycles. The van der Waals surface area contributed by atoms with Crippen LogP contribution in [0.1, 0.15) is 37.3 Å². The van der Waals surface area contributed by atoms with E-state index in [9.17, 15) is 0 Å². The van der Waals surface area contributed by atoms with Crippen LogP contribution in [0.4, 0.5) is 0 Å². The molecule has 2 fully saturated rings. The first-order valence-corrected chi connectivity index (χ1v) is 11.7. The number of rotatable bonds is 9. The normalized spacial score (nSPS) is 19.2. The van der Waals surface area contributed by atoms with Crippen LogP contribution >= 0.6 is 24.0 Å². The summed E-state index contributed by atoms with van der Waals surface area (Å²) in [4.78, 5) is 7.49. The highest BCUT2D eigenvalue weighted by Gasteiger charge is 2.37. The molecule has 7 nitrogen and oxygen atoms in total. The first kappa shape index (κ1) is 27.1. The zero-order valence-electron chi connectivity index (χ0n) is 20.0. The molecule has 3 rings (SSSR count). The summed E-state index contributed by atoms with van der Waals surface area (Å²) in [7, 11) is 1.75. The fraction of sp³-hybridized carbons (Fsp3) is 0.708. The predicted octanol–water partition coefficient (Wildman–Crippen LogP) is 2.95. The minimum absolute atomic E-state index is 0. The van der Waals surface area contributed by atoms with Gasteiger partial charge in [0.25, 0.3) is 0 Å². The van der Waals surface area contributed by atoms with Gasteiger partial charge in [0.05, 0.1) is 26.9 Å². The Morgan fingerprint density at radius 1 is 1.12 bits per heavy atom. The van der Waals surface area contributed by atoms with Crippen molar-refractivity contribution < 1.29 is 14.2 Å². The second-order valence-electron chi connectivity index (χ2n) is 8.53. The number of halogens is 1. The molecule has 1 aromatic carbocycles. The van der Waals surface area contributed by atoms with E-state index in [4.69, 9.17) is 19.2 Å². The molecule has 2 heterocycles. The second kappa shape index (κ2) is 14.2. The summed E-state index contributed by atoms with van der Waals surface area (Å²) >= 11 is 0. The second-order valence-corrected chi connectivity index (χ2v) is 8.53.